The van der Waals surface area contributed by atoms with Crippen LogP contribution in [0.2, 0.25) is 0 Å². The molecule has 0 spiro atoms. The van der Waals surface area contributed by atoms with Crippen molar-refractivity contribution in [2.45, 2.75) is 0 Å². The first-order chi connectivity index (χ1) is 52.1. The molecule has 105 heavy (non-hydrogen) atoms. The van der Waals surface area contributed by atoms with Crippen LogP contribution in [0.25, 0.3) is 145 Å². The fourth-order valence-corrected chi connectivity index (χ4v) is 15.6. The molecular weight excluding hydrogens is 1340 g/mol. The van der Waals surface area contributed by atoms with Gasteiger partial charge in [-0.3, -0.25) is 0 Å². The molecule has 20 rings (SSSR count). The summed E-state index contributed by atoms with van der Waals surface area (Å²) in [4.78, 5) is 12.4. The second kappa shape index (κ2) is 28.2. The van der Waals surface area contributed by atoms with Crippen LogP contribution in [0.1, 0.15) is 0 Å². The smallest absolute Gasteiger partial charge is 0.0730 e. The minimum Gasteiger partial charge on any atom is -0.354 e. The van der Waals surface area contributed by atoms with Gasteiger partial charge in [0, 0.05) is 105 Å². The van der Waals surface area contributed by atoms with E-state index in [0.29, 0.717) is 0 Å². The maximum absolute atomic E-state index is 5.24. The molecule has 4 aromatic heterocycles. The number of nitrogens with one attached hydrogen (secondary N) is 1. The summed E-state index contributed by atoms with van der Waals surface area (Å²) in [5.41, 5.74) is 33.0. The monoisotopic (exact) mass is 1410 g/mol. The average molecular weight is 1410 g/mol. The van der Waals surface area contributed by atoms with Gasteiger partial charge < -0.3 is 19.4 Å². The van der Waals surface area contributed by atoms with Gasteiger partial charge in [0.05, 0.1) is 62.3 Å². The SMILES string of the molecule is Brc1cc(-c2ccccc2)nc(-c2ccccc2)c1.c1ccc(-c2cc(N3c4ccccc4-c4c(n(-c5ccccc5)c5c(-c6ccccc6)cccc45)-c4ccccc43)cc(-c3ccccc3)n2)cc1.c1ccc(-c2cccc3c4c(n(-c5ccccc5)c23)-c2ccccc2Nc2ccccc2-4)cc1. The predicted molar refractivity (Wildman–Crippen MR) is 442 cm³/mol. The third-order valence-electron chi connectivity index (χ3n) is 19.8. The Morgan fingerprint density at radius 1 is 0.238 bits per heavy atom. The van der Waals surface area contributed by atoms with Gasteiger partial charge in [-0.05, 0) is 83.9 Å². The van der Waals surface area contributed by atoms with Crippen molar-refractivity contribution in [1.82, 2.24) is 19.1 Å². The lowest BCUT2D eigenvalue weighted by atomic mass is 9.96. The molecular formula is C98H67BrN6. The van der Waals surface area contributed by atoms with Gasteiger partial charge in [-0.1, -0.05) is 344 Å². The quantitative estimate of drug-likeness (QED) is 0.156. The lowest BCUT2D eigenvalue weighted by Crippen LogP contribution is -2.12. The number of anilines is 5. The van der Waals surface area contributed by atoms with Crippen molar-refractivity contribution in [2.75, 3.05) is 10.2 Å². The number of hydrogen-bond acceptors (Lipinski definition) is 4. The molecule has 0 bridgehead atoms. The van der Waals surface area contributed by atoms with Crippen molar-refractivity contribution in [1.29, 1.82) is 0 Å². The van der Waals surface area contributed by atoms with E-state index in [9.17, 15) is 0 Å². The van der Waals surface area contributed by atoms with Crippen LogP contribution in [0.15, 0.2) is 405 Å². The number of benzene rings is 14. The molecule has 0 atom stereocenters. The number of aromatic nitrogens is 4. The Kier molecular flexibility index (Phi) is 17.1. The number of pyridine rings is 2. The third-order valence-corrected chi connectivity index (χ3v) is 20.2. The number of halogens is 1. The Morgan fingerprint density at radius 2 is 0.543 bits per heavy atom. The molecule has 496 valence electrons. The maximum Gasteiger partial charge on any atom is 0.0730 e. The molecule has 1 N–H and O–H groups in total. The van der Waals surface area contributed by atoms with E-state index < -0.39 is 0 Å². The number of fused-ring (bicyclic) bond motifs is 14. The first-order valence-corrected chi connectivity index (χ1v) is 36.3. The van der Waals surface area contributed by atoms with Crippen molar-refractivity contribution in [3.63, 3.8) is 0 Å². The molecule has 6 nitrogen and oxygen atoms in total. The van der Waals surface area contributed by atoms with Gasteiger partial charge >= 0.3 is 0 Å². The molecule has 0 fully saturated rings. The van der Waals surface area contributed by atoms with E-state index in [1.165, 1.54) is 83.3 Å². The van der Waals surface area contributed by atoms with Crippen molar-refractivity contribution < 1.29 is 0 Å². The summed E-state index contributed by atoms with van der Waals surface area (Å²) >= 11 is 3.57. The van der Waals surface area contributed by atoms with Gasteiger partial charge in [-0.15, -0.1) is 0 Å². The van der Waals surface area contributed by atoms with Gasteiger partial charge in [0.2, 0.25) is 0 Å². The maximum atomic E-state index is 5.24. The molecule has 18 aromatic rings. The lowest BCUT2D eigenvalue weighted by Gasteiger charge is -2.28. The summed E-state index contributed by atoms with van der Waals surface area (Å²) < 4.78 is 5.99. The number of nitrogens with zero attached hydrogens (tertiary/aromatic N) is 5. The van der Waals surface area contributed by atoms with Gasteiger partial charge in [0.1, 0.15) is 0 Å². The van der Waals surface area contributed by atoms with Crippen LogP contribution in [0.4, 0.5) is 28.4 Å². The molecule has 6 heterocycles. The molecule has 0 radical (unpaired) electrons. The zero-order valence-electron chi connectivity index (χ0n) is 57.2. The Morgan fingerprint density at radius 3 is 0.981 bits per heavy atom. The minimum absolute atomic E-state index is 0.931. The highest BCUT2D eigenvalue weighted by molar-refractivity contribution is 9.10. The van der Waals surface area contributed by atoms with E-state index in [-0.39, 0.29) is 0 Å². The van der Waals surface area contributed by atoms with Crippen LogP contribution in [-0.4, -0.2) is 19.1 Å². The normalized spacial score (nSPS) is 11.5. The topological polar surface area (TPSA) is 50.9 Å². The second-order valence-electron chi connectivity index (χ2n) is 26.1. The van der Waals surface area contributed by atoms with E-state index in [0.717, 1.165) is 94.9 Å². The van der Waals surface area contributed by atoms with E-state index in [2.05, 4.69) is 387 Å². The van der Waals surface area contributed by atoms with E-state index in [1.54, 1.807) is 0 Å². The molecule has 0 unspecified atom stereocenters. The Hall–Kier alpha value is -13.5. The molecule has 0 aliphatic carbocycles. The zero-order chi connectivity index (χ0) is 70.0. The first kappa shape index (κ1) is 63.7. The van der Waals surface area contributed by atoms with E-state index in [1.807, 2.05) is 48.5 Å². The van der Waals surface area contributed by atoms with E-state index >= 15 is 0 Å². The van der Waals surface area contributed by atoms with Crippen molar-refractivity contribution in [3.8, 4) is 123 Å². The average Bonchev–Trinajstić information content (AvgIpc) is 1.56. The van der Waals surface area contributed by atoms with Crippen LogP contribution in [0.3, 0.4) is 0 Å². The van der Waals surface area contributed by atoms with Crippen LogP contribution < -0.4 is 10.2 Å². The van der Waals surface area contributed by atoms with E-state index in [4.69, 9.17) is 9.97 Å². The zero-order valence-corrected chi connectivity index (χ0v) is 58.8. The van der Waals surface area contributed by atoms with Crippen molar-refractivity contribution in [3.05, 3.63) is 405 Å². The summed E-state index contributed by atoms with van der Waals surface area (Å²) in [7, 11) is 0. The molecule has 2 aliphatic heterocycles. The highest BCUT2D eigenvalue weighted by Gasteiger charge is 2.34. The van der Waals surface area contributed by atoms with Crippen molar-refractivity contribution in [2.24, 2.45) is 0 Å². The number of para-hydroxylation sites is 8. The van der Waals surface area contributed by atoms with Gasteiger partial charge in [0.25, 0.3) is 0 Å². The minimum atomic E-state index is 0.931. The number of rotatable bonds is 9. The lowest BCUT2D eigenvalue weighted by molar-refractivity contribution is 1.13. The molecule has 0 amide bonds. The Labute approximate surface area is 619 Å². The predicted octanol–water partition coefficient (Wildman–Crippen LogP) is 27.0. The van der Waals surface area contributed by atoms with Gasteiger partial charge in [-0.2, -0.15) is 0 Å². The van der Waals surface area contributed by atoms with Crippen LogP contribution in [0, 0.1) is 0 Å². The fourth-order valence-electron chi connectivity index (χ4n) is 15.2. The van der Waals surface area contributed by atoms with Crippen LogP contribution >= 0.6 is 15.9 Å². The number of hydrogen-bond donors (Lipinski definition) is 1. The summed E-state index contributed by atoms with van der Waals surface area (Å²) in [6.07, 6.45) is 0. The largest absolute Gasteiger partial charge is 0.354 e. The molecule has 2 aliphatic rings. The van der Waals surface area contributed by atoms with Crippen LogP contribution in [0.5, 0.6) is 0 Å². The van der Waals surface area contributed by atoms with Gasteiger partial charge in [0.15, 0.2) is 0 Å². The first-order valence-electron chi connectivity index (χ1n) is 35.5. The summed E-state index contributed by atoms with van der Waals surface area (Å²) in [6, 6.07) is 141. The molecule has 14 aromatic carbocycles. The molecule has 0 saturated heterocycles. The van der Waals surface area contributed by atoms with Crippen molar-refractivity contribution >= 4 is 66.2 Å². The third kappa shape index (κ3) is 12.1. The second-order valence-corrected chi connectivity index (χ2v) is 27.0. The van der Waals surface area contributed by atoms with Gasteiger partial charge in [-0.25, -0.2) is 9.97 Å². The van der Waals surface area contributed by atoms with Crippen LogP contribution in [-0.2, 0) is 0 Å². The highest BCUT2D eigenvalue weighted by atomic mass is 79.9. The Bertz CT molecular complexity index is 6050. The summed E-state index contributed by atoms with van der Waals surface area (Å²) in [5.74, 6) is 0. The summed E-state index contributed by atoms with van der Waals surface area (Å²) in [5, 5.41) is 6.18. The Balaban J connectivity index is 0.000000126. The molecule has 0 saturated carbocycles. The fraction of sp³-hybridized carbons (Fsp3) is 0. The highest BCUT2D eigenvalue weighted by Crippen LogP contribution is 2.57. The summed E-state index contributed by atoms with van der Waals surface area (Å²) in [6.45, 7) is 0. The molecule has 7 heteroatoms. The standard InChI is InChI=1S/C49H33N3.C32H22N2.C17H12BrN/c1-5-18-34(19-6-1)39-28-17-29-42-47-40-26-13-15-30-45(40)51(46-31-16-14-27-41(46)49(47)52(48(39)42)37-24-11-4-12-25-37)38-32-43(35-20-7-2-8-21-35)50-44(33-38)36-22-9-3-10-23-36;1-3-12-22(13-4-1)24-18-11-19-27-30-25-16-7-9-20-28(25)33-29-21-10-8-17-26(29)32(30)34(31(24)27)23-14-5-2-6-15-23;18-15-11-16(13-7-3-1-4-8-13)19-17(12-15)14-9-5-2-6-10-14/h1-33H;1-21,33H;1-12H.